The molecule has 1 saturated carbocycles. The average Bonchev–Trinajstić information content (AvgIpc) is 3.45. The number of halogens is 1. The molecule has 8 heteroatoms. The van der Waals surface area contributed by atoms with Crippen molar-refractivity contribution in [2.45, 2.75) is 25.3 Å². The van der Waals surface area contributed by atoms with Crippen molar-refractivity contribution in [2.75, 3.05) is 23.7 Å². The number of benzene rings is 1. The third-order valence-electron chi connectivity index (χ3n) is 6.38. The molecule has 0 bridgehead atoms. The summed E-state index contributed by atoms with van der Waals surface area (Å²) in [4.78, 5) is 23.4. The molecular weight excluding hydrogens is 371 g/mol. The minimum atomic E-state index is -0.599. The maximum Gasteiger partial charge on any atom is 0.246 e. The molecule has 1 aromatic heterocycles. The highest BCUT2D eigenvalue weighted by molar-refractivity contribution is 5.82. The molecule has 2 aliphatic heterocycles. The molecular formula is C21H23FN6O. The average molecular weight is 394 g/mol. The minimum Gasteiger partial charge on any atom is -0.381 e. The third kappa shape index (κ3) is 3.22. The van der Waals surface area contributed by atoms with Gasteiger partial charge in [0.15, 0.2) is 11.6 Å². The van der Waals surface area contributed by atoms with Gasteiger partial charge >= 0.3 is 0 Å². The second kappa shape index (κ2) is 7.09. The van der Waals surface area contributed by atoms with Gasteiger partial charge in [0.1, 0.15) is 0 Å². The minimum absolute atomic E-state index is 0.00349. The number of carbonyl (C=O) groups excluding carboxylic acids is 1. The quantitative estimate of drug-likeness (QED) is 0.865. The molecule has 0 radical (unpaired) electrons. The highest BCUT2D eigenvalue weighted by Gasteiger charge is 2.46. The molecule has 3 aliphatic rings. The lowest BCUT2D eigenvalue weighted by Gasteiger charge is -2.26. The van der Waals surface area contributed by atoms with Crippen molar-refractivity contribution in [2.24, 2.45) is 22.9 Å². The highest BCUT2D eigenvalue weighted by Crippen LogP contribution is 2.44. The molecule has 0 spiro atoms. The number of carbonyl (C=O) groups is 1. The number of amides is 1. The Morgan fingerprint density at radius 3 is 2.55 bits per heavy atom. The Hall–Kier alpha value is -3.03. The van der Waals surface area contributed by atoms with E-state index in [1.165, 1.54) is 0 Å². The zero-order valence-corrected chi connectivity index (χ0v) is 16.0. The topological polar surface area (TPSA) is 87.7 Å². The van der Waals surface area contributed by atoms with E-state index < -0.39 is 5.82 Å². The summed E-state index contributed by atoms with van der Waals surface area (Å²) in [6, 6.07) is 10.1. The maximum atomic E-state index is 13.3. The fraction of sp³-hybridized carbons (Fsp3) is 0.429. The molecule has 29 heavy (non-hydrogen) atoms. The predicted molar refractivity (Wildman–Crippen MR) is 107 cm³/mol. The Morgan fingerprint density at radius 1 is 1.14 bits per heavy atom. The van der Waals surface area contributed by atoms with Crippen LogP contribution in [0.2, 0.25) is 0 Å². The van der Waals surface area contributed by atoms with Gasteiger partial charge in [0, 0.05) is 31.6 Å². The van der Waals surface area contributed by atoms with Gasteiger partial charge in [-0.05, 0) is 30.2 Å². The summed E-state index contributed by atoms with van der Waals surface area (Å²) >= 11 is 0. The van der Waals surface area contributed by atoms with Crippen LogP contribution in [0.25, 0.3) is 0 Å². The normalized spacial score (nSPS) is 28.2. The number of rotatable bonds is 3. The van der Waals surface area contributed by atoms with Crippen LogP contribution in [-0.4, -0.2) is 40.2 Å². The number of nitrogen functional groups attached to an aromatic ring is 1. The first-order valence-corrected chi connectivity index (χ1v) is 10.0. The largest absolute Gasteiger partial charge is 0.381 e. The Morgan fingerprint density at radius 2 is 1.86 bits per heavy atom. The van der Waals surface area contributed by atoms with E-state index >= 15 is 0 Å². The SMILES string of the molecule is Nc1nc(N2C[C@H]3C[C@@H](C(=O)N4N=CC[C@H]4c4ccccc4)C[C@H]3C2)ncc1F. The Bertz CT molecular complexity index is 937. The second-order valence-corrected chi connectivity index (χ2v) is 8.14. The molecule has 0 unspecified atom stereocenters. The molecule has 1 aromatic carbocycles. The molecule has 7 nitrogen and oxygen atoms in total. The zero-order chi connectivity index (χ0) is 20.0. The first kappa shape index (κ1) is 18.0. The van der Waals surface area contributed by atoms with Crippen molar-refractivity contribution in [3.05, 3.63) is 47.9 Å². The lowest BCUT2D eigenvalue weighted by Crippen LogP contribution is -2.33. The summed E-state index contributed by atoms with van der Waals surface area (Å²) in [6.45, 7) is 1.54. The Balaban J connectivity index is 1.25. The number of fused-ring (bicyclic) bond motifs is 1. The molecule has 1 aliphatic carbocycles. The van der Waals surface area contributed by atoms with Gasteiger partial charge in [0.2, 0.25) is 11.9 Å². The van der Waals surface area contributed by atoms with Gasteiger partial charge in [-0.25, -0.2) is 14.4 Å². The molecule has 5 rings (SSSR count). The molecule has 1 amide bonds. The highest BCUT2D eigenvalue weighted by atomic mass is 19.1. The van der Waals surface area contributed by atoms with E-state index in [1.807, 2.05) is 29.3 Å². The summed E-state index contributed by atoms with van der Waals surface area (Å²) in [6.07, 6.45) is 5.39. The van der Waals surface area contributed by atoms with Gasteiger partial charge in [-0.3, -0.25) is 4.79 Å². The molecule has 4 atom stereocenters. The number of nitrogens with two attached hydrogens (primary N) is 1. The van der Waals surface area contributed by atoms with E-state index in [4.69, 9.17) is 5.73 Å². The number of aromatic nitrogens is 2. The van der Waals surface area contributed by atoms with E-state index in [-0.39, 0.29) is 23.7 Å². The lowest BCUT2D eigenvalue weighted by molar-refractivity contribution is -0.137. The van der Waals surface area contributed by atoms with Crippen LogP contribution < -0.4 is 10.6 Å². The number of hydrazone groups is 1. The maximum absolute atomic E-state index is 13.3. The molecule has 2 aromatic rings. The predicted octanol–water partition coefficient (Wildman–Crippen LogP) is 2.62. The van der Waals surface area contributed by atoms with Crippen molar-refractivity contribution in [3.8, 4) is 0 Å². The summed E-state index contributed by atoms with van der Waals surface area (Å²) < 4.78 is 13.3. The second-order valence-electron chi connectivity index (χ2n) is 8.14. The van der Waals surface area contributed by atoms with Crippen molar-refractivity contribution in [1.29, 1.82) is 0 Å². The monoisotopic (exact) mass is 394 g/mol. The van der Waals surface area contributed by atoms with Crippen LogP contribution in [0.15, 0.2) is 41.6 Å². The van der Waals surface area contributed by atoms with E-state index in [0.29, 0.717) is 17.8 Å². The Labute approximate surface area is 168 Å². The smallest absolute Gasteiger partial charge is 0.246 e. The first-order valence-electron chi connectivity index (χ1n) is 10.0. The molecule has 1 saturated heterocycles. The summed E-state index contributed by atoms with van der Waals surface area (Å²) in [5.74, 6) is 0.663. The van der Waals surface area contributed by atoms with Crippen LogP contribution in [0.1, 0.15) is 30.9 Å². The van der Waals surface area contributed by atoms with E-state index in [2.05, 4.69) is 27.2 Å². The van der Waals surface area contributed by atoms with Crippen molar-refractivity contribution in [3.63, 3.8) is 0 Å². The van der Waals surface area contributed by atoms with Crippen molar-refractivity contribution >= 4 is 23.9 Å². The van der Waals surface area contributed by atoms with Crippen LogP contribution in [0.4, 0.5) is 16.2 Å². The lowest BCUT2D eigenvalue weighted by atomic mass is 10.0. The molecule has 150 valence electrons. The third-order valence-corrected chi connectivity index (χ3v) is 6.38. The van der Waals surface area contributed by atoms with Crippen molar-refractivity contribution < 1.29 is 9.18 Å². The van der Waals surface area contributed by atoms with Crippen LogP contribution in [0, 0.1) is 23.6 Å². The van der Waals surface area contributed by atoms with Gasteiger partial charge < -0.3 is 10.6 Å². The van der Waals surface area contributed by atoms with Gasteiger partial charge in [-0.2, -0.15) is 10.1 Å². The number of hydrogen-bond acceptors (Lipinski definition) is 6. The number of nitrogens with zero attached hydrogens (tertiary/aromatic N) is 5. The van der Waals surface area contributed by atoms with Gasteiger partial charge in [0.05, 0.1) is 12.2 Å². The summed E-state index contributed by atoms with van der Waals surface area (Å²) in [5.41, 5.74) is 6.70. The van der Waals surface area contributed by atoms with E-state index in [0.717, 1.165) is 44.1 Å². The van der Waals surface area contributed by atoms with Crippen molar-refractivity contribution in [1.82, 2.24) is 15.0 Å². The van der Waals surface area contributed by atoms with Gasteiger partial charge in [-0.15, -0.1) is 0 Å². The Kier molecular flexibility index (Phi) is 4.41. The van der Waals surface area contributed by atoms with Gasteiger partial charge in [-0.1, -0.05) is 30.3 Å². The molecule has 2 fully saturated rings. The molecule has 2 N–H and O–H groups in total. The van der Waals surface area contributed by atoms with Gasteiger partial charge in [0.25, 0.3) is 0 Å². The van der Waals surface area contributed by atoms with Crippen LogP contribution in [0.5, 0.6) is 0 Å². The number of hydrogen-bond donors (Lipinski definition) is 1. The van der Waals surface area contributed by atoms with E-state index in [9.17, 15) is 9.18 Å². The fourth-order valence-corrected chi connectivity index (χ4v) is 4.95. The van der Waals surface area contributed by atoms with Crippen LogP contribution in [0.3, 0.4) is 0 Å². The first-order chi connectivity index (χ1) is 14.1. The summed E-state index contributed by atoms with van der Waals surface area (Å²) in [5, 5.41) is 6.07. The fourth-order valence-electron chi connectivity index (χ4n) is 4.95. The van der Waals surface area contributed by atoms with Crippen LogP contribution in [-0.2, 0) is 4.79 Å². The summed E-state index contributed by atoms with van der Waals surface area (Å²) in [7, 11) is 0. The standard InChI is InChI=1S/C21H23FN6O/c22-17-10-24-21(26-19(17)23)27-11-15-8-14(9-16(15)12-27)20(29)28-18(6-7-25-28)13-4-2-1-3-5-13/h1-5,7,10,14-16,18H,6,8-9,11-12H2,(H2,23,24,26)/t14-,15-,16+,18-/m0/s1. The van der Waals surface area contributed by atoms with Crippen LogP contribution >= 0.6 is 0 Å². The zero-order valence-electron chi connectivity index (χ0n) is 16.0. The van der Waals surface area contributed by atoms with E-state index in [1.54, 1.807) is 5.01 Å². The number of anilines is 2. The molecule has 3 heterocycles.